The quantitative estimate of drug-likeness (QED) is 0.513. The lowest BCUT2D eigenvalue weighted by Crippen LogP contribution is -2.31. The molecular formula is C12H12ClFN2O3. The molecule has 1 amide bonds. The van der Waals surface area contributed by atoms with Crippen molar-refractivity contribution in [3.8, 4) is 0 Å². The number of hydrogen-bond acceptors (Lipinski definition) is 3. The van der Waals surface area contributed by atoms with Crippen LogP contribution in [0, 0.1) is 21.8 Å². The van der Waals surface area contributed by atoms with Crippen LogP contribution in [0.2, 0.25) is 0 Å². The highest BCUT2D eigenvalue weighted by Crippen LogP contribution is 2.35. The zero-order valence-corrected chi connectivity index (χ0v) is 10.7. The molecule has 102 valence electrons. The molecule has 0 radical (unpaired) electrons. The van der Waals surface area contributed by atoms with Crippen LogP contribution in [-0.2, 0) is 0 Å². The largest absolute Gasteiger partial charge is 0.350 e. The number of hydrogen-bond donors (Lipinski definition) is 1. The van der Waals surface area contributed by atoms with Gasteiger partial charge in [0.25, 0.3) is 11.6 Å². The highest BCUT2D eigenvalue weighted by Gasteiger charge is 2.30. The average Bonchev–Trinajstić information content (AvgIpc) is 3.19. The van der Waals surface area contributed by atoms with Crippen molar-refractivity contribution in [1.29, 1.82) is 0 Å². The van der Waals surface area contributed by atoms with Crippen molar-refractivity contribution in [3.05, 3.63) is 39.7 Å². The summed E-state index contributed by atoms with van der Waals surface area (Å²) in [6.07, 6.45) is 2.06. The first kappa shape index (κ1) is 13.7. The second-order valence-electron chi connectivity index (χ2n) is 4.48. The summed E-state index contributed by atoms with van der Waals surface area (Å²) >= 11 is 6.02. The van der Waals surface area contributed by atoms with Crippen LogP contribution < -0.4 is 5.32 Å². The molecule has 0 aromatic heterocycles. The van der Waals surface area contributed by atoms with Crippen LogP contribution in [0.25, 0.3) is 0 Å². The molecule has 1 saturated carbocycles. The third kappa shape index (κ3) is 3.41. The predicted molar refractivity (Wildman–Crippen MR) is 67.8 cm³/mol. The molecule has 1 unspecified atom stereocenters. The summed E-state index contributed by atoms with van der Waals surface area (Å²) in [5, 5.41) is 13.1. The van der Waals surface area contributed by atoms with Gasteiger partial charge in [0.15, 0.2) is 0 Å². The molecule has 0 saturated heterocycles. The number of alkyl halides is 1. The van der Waals surface area contributed by atoms with E-state index in [4.69, 9.17) is 11.6 Å². The summed E-state index contributed by atoms with van der Waals surface area (Å²) in [4.78, 5) is 21.9. The summed E-state index contributed by atoms with van der Waals surface area (Å²) in [6.45, 7) is 0.221. The van der Waals surface area contributed by atoms with Gasteiger partial charge in [-0.15, -0.1) is 11.6 Å². The van der Waals surface area contributed by atoms with Crippen molar-refractivity contribution < 1.29 is 14.1 Å². The van der Waals surface area contributed by atoms with Crippen LogP contribution in [0.5, 0.6) is 0 Å². The monoisotopic (exact) mass is 286 g/mol. The molecule has 5 nitrogen and oxygen atoms in total. The van der Waals surface area contributed by atoms with Crippen LogP contribution in [0.3, 0.4) is 0 Å². The van der Waals surface area contributed by atoms with Gasteiger partial charge in [0.2, 0.25) is 0 Å². The SMILES string of the molecule is O=C(NCC(Cl)C1CC1)c1cc(F)ccc1[N+](=O)[O-]. The Balaban J connectivity index is 2.08. The summed E-state index contributed by atoms with van der Waals surface area (Å²) in [7, 11) is 0. The number of benzene rings is 1. The van der Waals surface area contributed by atoms with E-state index in [0.717, 1.165) is 31.0 Å². The number of nitro groups is 1. The van der Waals surface area contributed by atoms with Gasteiger partial charge in [-0.25, -0.2) is 4.39 Å². The lowest BCUT2D eigenvalue weighted by atomic mass is 10.1. The molecule has 0 bridgehead atoms. The van der Waals surface area contributed by atoms with Crippen LogP contribution in [0.1, 0.15) is 23.2 Å². The van der Waals surface area contributed by atoms with Gasteiger partial charge >= 0.3 is 0 Å². The van der Waals surface area contributed by atoms with Crippen molar-refractivity contribution in [2.75, 3.05) is 6.54 Å². The molecule has 1 aliphatic rings. The van der Waals surface area contributed by atoms with Crippen molar-refractivity contribution in [2.24, 2.45) is 5.92 Å². The second-order valence-corrected chi connectivity index (χ2v) is 5.04. The molecular weight excluding hydrogens is 275 g/mol. The smallest absolute Gasteiger partial charge is 0.282 e. The van der Waals surface area contributed by atoms with E-state index in [1.165, 1.54) is 0 Å². The molecule has 7 heteroatoms. The Kier molecular flexibility index (Phi) is 3.99. The maximum absolute atomic E-state index is 13.1. The molecule has 0 spiro atoms. The summed E-state index contributed by atoms with van der Waals surface area (Å²) in [5.41, 5.74) is -0.707. The van der Waals surface area contributed by atoms with Gasteiger partial charge in [-0.2, -0.15) is 0 Å². The molecule has 1 atom stereocenters. The first-order valence-electron chi connectivity index (χ1n) is 5.85. The fourth-order valence-corrected chi connectivity index (χ4v) is 2.09. The van der Waals surface area contributed by atoms with Gasteiger partial charge in [0.1, 0.15) is 11.4 Å². The number of amides is 1. The summed E-state index contributed by atoms with van der Waals surface area (Å²) in [6, 6.07) is 2.78. The highest BCUT2D eigenvalue weighted by molar-refractivity contribution is 6.21. The number of nitro benzene ring substituents is 1. The fourth-order valence-electron chi connectivity index (χ4n) is 1.76. The van der Waals surface area contributed by atoms with E-state index in [1.54, 1.807) is 0 Å². The van der Waals surface area contributed by atoms with Crippen molar-refractivity contribution in [2.45, 2.75) is 18.2 Å². The van der Waals surface area contributed by atoms with Crippen molar-refractivity contribution >= 4 is 23.2 Å². The third-order valence-electron chi connectivity index (χ3n) is 2.99. The number of rotatable bonds is 5. The van der Waals surface area contributed by atoms with E-state index in [9.17, 15) is 19.3 Å². The van der Waals surface area contributed by atoms with Crippen molar-refractivity contribution in [1.82, 2.24) is 5.32 Å². The van der Waals surface area contributed by atoms with Crippen LogP contribution in [0.4, 0.5) is 10.1 Å². The second kappa shape index (κ2) is 5.52. The molecule has 19 heavy (non-hydrogen) atoms. The first-order valence-corrected chi connectivity index (χ1v) is 6.29. The molecule has 1 aromatic rings. The Morgan fingerprint density at radius 3 is 2.84 bits per heavy atom. The van der Waals surface area contributed by atoms with Gasteiger partial charge in [-0.1, -0.05) is 0 Å². The number of carbonyl (C=O) groups is 1. The van der Waals surface area contributed by atoms with Gasteiger partial charge in [0.05, 0.1) is 10.3 Å². The number of nitrogens with one attached hydrogen (secondary N) is 1. The minimum atomic E-state index is -0.715. The molecule has 0 heterocycles. The van der Waals surface area contributed by atoms with Crippen molar-refractivity contribution in [3.63, 3.8) is 0 Å². The zero-order valence-electron chi connectivity index (χ0n) is 9.94. The van der Waals surface area contributed by atoms with E-state index >= 15 is 0 Å². The predicted octanol–water partition coefficient (Wildman–Crippen LogP) is 2.48. The lowest BCUT2D eigenvalue weighted by molar-refractivity contribution is -0.385. The number of nitrogens with zero attached hydrogens (tertiary/aromatic N) is 1. The normalized spacial score (nSPS) is 15.9. The minimum absolute atomic E-state index is 0.184. The van der Waals surface area contributed by atoms with E-state index in [1.807, 2.05) is 0 Å². The Labute approximate surface area is 113 Å². The van der Waals surface area contributed by atoms with Gasteiger partial charge in [-0.3, -0.25) is 14.9 Å². The van der Waals surface area contributed by atoms with E-state index in [-0.39, 0.29) is 17.5 Å². The van der Waals surface area contributed by atoms with E-state index < -0.39 is 22.3 Å². The lowest BCUT2D eigenvalue weighted by Gasteiger charge is -2.09. The Morgan fingerprint density at radius 1 is 1.58 bits per heavy atom. The number of halogens is 2. The molecule has 1 aliphatic carbocycles. The van der Waals surface area contributed by atoms with Gasteiger partial charge in [0, 0.05) is 12.6 Å². The topological polar surface area (TPSA) is 72.2 Å². The molecule has 0 aliphatic heterocycles. The maximum Gasteiger partial charge on any atom is 0.282 e. The summed E-state index contributed by atoms with van der Waals surface area (Å²) < 4.78 is 13.1. The maximum atomic E-state index is 13.1. The average molecular weight is 287 g/mol. The molecule has 2 rings (SSSR count). The van der Waals surface area contributed by atoms with E-state index in [0.29, 0.717) is 5.92 Å². The minimum Gasteiger partial charge on any atom is -0.350 e. The van der Waals surface area contributed by atoms with Gasteiger partial charge < -0.3 is 5.32 Å². The highest BCUT2D eigenvalue weighted by atomic mass is 35.5. The standard InChI is InChI=1S/C12H12ClFN2O3/c13-10(7-1-2-7)6-15-12(17)9-5-8(14)3-4-11(9)16(18)19/h3-5,7,10H,1-2,6H2,(H,15,17). The first-order chi connectivity index (χ1) is 8.99. The Hall–Kier alpha value is -1.69. The number of carbonyl (C=O) groups excluding carboxylic acids is 1. The third-order valence-corrected chi connectivity index (χ3v) is 3.50. The molecule has 1 fully saturated rings. The molecule has 1 aromatic carbocycles. The van der Waals surface area contributed by atoms with Crippen LogP contribution >= 0.6 is 11.6 Å². The Bertz CT molecular complexity index is 520. The Morgan fingerprint density at radius 2 is 2.26 bits per heavy atom. The molecule has 1 N–H and O–H groups in total. The van der Waals surface area contributed by atoms with Crippen LogP contribution in [-0.4, -0.2) is 22.8 Å². The fraction of sp³-hybridized carbons (Fsp3) is 0.417. The summed E-state index contributed by atoms with van der Waals surface area (Å²) in [5.74, 6) is -0.984. The zero-order chi connectivity index (χ0) is 14.0. The van der Waals surface area contributed by atoms with E-state index in [2.05, 4.69) is 5.32 Å². The van der Waals surface area contributed by atoms with Crippen LogP contribution in [0.15, 0.2) is 18.2 Å². The van der Waals surface area contributed by atoms with Gasteiger partial charge in [-0.05, 0) is 30.9 Å².